The van der Waals surface area contributed by atoms with Gasteiger partial charge in [-0.05, 0) is 55.2 Å². The molecule has 1 aromatic carbocycles. The molecular formula is C28H35N7O4. The quantitative estimate of drug-likeness (QED) is 0.394. The molecule has 0 aliphatic carbocycles. The van der Waals surface area contributed by atoms with Crippen molar-refractivity contribution in [3.8, 4) is 22.9 Å². The number of para-hydroxylation sites is 1. The predicted molar refractivity (Wildman–Crippen MR) is 146 cm³/mol. The number of phenols is 1. The Kier molecular flexibility index (Phi) is 7.60. The van der Waals surface area contributed by atoms with E-state index in [1.54, 1.807) is 12.1 Å². The Morgan fingerprint density at radius 3 is 2.82 bits per heavy atom. The normalized spacial score (nSPS) is 20.2. The molecule has 3 aliphatic heterocycles. The predicted octanol–water partition coefficient (Wildman–Crippen LogP) is 2.29. The molecule has 11 nitrogen and oxygen atoms in total. The Hall–Kier alpha value is -3.70. The van der Waals surface area contributed by atoms with Gasteiger partial charge in [0.2, 0.25) is 0 Å². The van der Waals surface area contributed by atoms with E-state index in [0.29, 0.717) is 41.5 Å². The van der Waals surface area contributed by atoms with Crippen molar-refractivity contribution in [2.24, 2.45) is 5.92 Å². The minimum absolute atomic E-state index is 0.218. The molecule has 0 spiro atoms. The number of rotatable bonds is 9. The van der Waals surface area contributed by atoms with Crippen LogP contribution in [0.4, 0.5) is 11.5 Å². The van der Waals surface area contributed by atoms with Gasteiger partial charge in [-0.25, -0.2) is 0 Å². The molecule has 0 radical (unpaired) electrons. The van der Waals surface area contributed by atoms with Crippen LogP contribution < -0.4 is 15.0 Å². The lowest BCUT2D eigenvalue weighted by Crippen LogP contribution is -2.58. The minimum atomic E-state index is 0.218. The summed E-state index contributed by atoms with van der Waals surface area (Å²) in [4.78, 5) is 18.1. The van der Waals surface area contributed by atoms with Crippen molar-refractivity contribution in [1.82, 2.24) is 25.2 Å². The maximum atomic E-state index is 10.6. The van der Waals surface area contributed by atoms with Gasteiger partial charge in [-0.3, -0.25) is 9.80 Å². The SMILES string of the molecule is O=CCc1cc(OCCN2CCC(CN3CCN4c5cc(-c6ccccc6O)nnc5NCC4C3)CC2)no1. The summed E-state index contributed by atoms with van der Waals surface area (Å²) in [5.41, 5.74) is 2.46. The highest BCUT2D eigenvalue weighted by Crippen LogP contribution is 2.36. The summed E-state index contributed by atoms with van der Waals surface area (Å²) in [6.07, 6.45) is 3.40. The van der Waals surface area contributed by atoms with Crippen molar-refractivity contribution in [1.29, 1.82) is 0 Å². The van der Waals surface area contributed by atoms with Gasteiger partial charge in [0.1, 0.15) is 24.4 Å². The topological polar surface area (TPSA) is 120 Å². The van der Waals surface area contributed by atoms with E-state index in [2.05, 4.69) is 41.4 Å². The van der Waals surface area contributed by atoms with Crippen LogP contribution in [0.1, 0.15) is 18.6 Å². The maximum Gasteiger partial charge on any atom is 0.254 e. The van der Waals surface area contributed by atoms with Gasteiger partial charge >= 0.3 is 0 Å². The molecular weight excluding hydrogens is 498 g/mol. The monoisotopic (exact) mass is 533 g/mol. The second-order valence-corrected chi connectivity index (χ2v) is 10.6. The first kappa shape index (κ1) is 25.6. The zero-order chi connectivity index (χ0) is 26.6. The summed E-state index contributed by atoms with van der Waals surface area (Å²) < 4.78 is 10.8. The minimum Gasteiger partial charge on any atom is -0.507 e. The number of likely N-dealkylation sites (tertiary alicyclic amines) is 1. The largest absolute Gasteiger partial charge is 0.507 e. The molecule has 1 atom stereocenters. The van der Waals surface area contributed by atoms with Crippen LogP contribution in [-0.2, 0) is 11.2 Å². The number of piperidine rings is 1. The summed E-state index contributed by atoms with van der Waals surface area (Å²) in [6, 6.07) is 11.4. The Balaban J connectivity index is 0.970. The third-order valence-electron chi connectivity index (χ3n) is 8.04. The zero-order valence-corrected chi connectivity index (χ0v) is 22.0. The molecule has 0 bridgehead atoms. The highest BCUT2D eigenvalue weighted by Gasteiger charge is 2.34. The van der Waals surface area contributed by atoms with Gasteiger partial charge in [0.25, 0.3) is 5.88 Å². The number of aldehydes is 1. The van der Waals surface area contributed by atoms with Crippen molar-refractivity contribution in [3.63, 3.8) is 0 Å². The number of ether oxygens (including phenoxy) is 1. The van der Waals surface area contributed by atoms with Crippen molar-refractivity contribution in [3.05, 3.63) is 42.2 Å². The number of nitrogens with zero attached hydrogens (tertiary/aromatic N) is 6. The number of aromatic nitrogens is 3. The number of hydrogen-bond acceptors (Lipinski definition) is 11. The van der Waals surface area contributed by atoms with E-state index in [-0.39, 0.29) is 12.2 Å². The molecule has 6 rings (SSSR count). The lowest BCUT2D eigenvalue weighted by atomic mass is 9.95. The Labute approximate surface area is 227 Å². The molecule has 11 heteroatoms. The number of anilines is 2. The summed E-state index contributed by atoms with van der Waals surface area (Å²) in [6.45, 7) is 8.58. The summed E-state index contributed by atoms with van der Waals surface area (Å²) in [5.74, 6) is 2.72. The van der Waals surface area contributed by atoms with Gasteiger partial charge in [0.15, 0.2) is 5.82 Å². The number of aromatic hydroxyl groups is 1. The van der Waals surface area contributed by atoms with Crippen LogP contribution in [0.5, 0.6) is 11.6 Å². The molecule has 0 saturated carbocycles. The number of carbonyl (C=O) groups excluding carboxylic acids is 1. The van der Waals surface area contributed by atoms with Crippen LogP contribution >= 0.6 is 0 Å². The number of carbonyl (C=O) groups is 1. The molecule has 2 N–H and O–H groups in total. The van der Waals surface area contributed by atoms with E-state index < -0.39 is 0 Å². The zero-order valence-electron chi connectivity index (χ0n) is 22.0. The number of phenolic OH excluding ortho intramolecular Hbond substituents is 1. The fourth-order valence-electron chi connectivity index (χ4n) is 5.92. The van der Waals surface area contributed by atoms with Gasteiger partial charge in [-0.2, -0.15) is 0 Å². The molecule has 1 unspecified atom stereocenters. The van der Waals surface area contributed by atoms with E-state index in [4.69, 9.17) is 9.26 Å². The van der Waals surface area contributed by atoms with Crippen molar-refractivity contribution < 1.29 is 19.2 Å². The molecule has 3 aliphatic rings. The first-order valence-electron chi connectivity index (χ1n) is 13.8. The fraction of sp³-hybridized carbons (Fsp3) is 0.500. The smallest absolute Gasteiger partial charge is 0.254 e. The van der Waals surface area contributed by atoms with Crippen LogP contribution in [-0.4, -0.2) is 102 Å². The molecule has 3 aromatic rings. The summed E-state index contributed by atoms with van der Waals surface area (Å²) >= 11 is 0. The van der Waals surface area contributed by atoms with E-state index in [1.165, 1.54) is 12.8 Å². The van der Waals surface area contributed by atoms with Gasteiger partial charge in [-0.15, -0.1) is 10.2 Å². The molecule has 2 fully saturated rings. The third kappa shape index (κ3) is 5.84. The Morgan fingerprint density at radius 2 is 1.97 bits per heavy atom. The summed E-state index contributed by atoms with van der Waals surface area (Å²) in [7, 11) is 0. The van der Waals surface area contributed by atoms with Gasteiger partial charge in [0.05, 0.1) is 23.8 Å². The highest BCUT2D eigenvalue weighted by molar-refractivity contribution is 5.76. The number of fused-ring (bicyclic) bond motifs is 3. The van der Waals surface area contributed by atoms with Crippen LogP contribution in [0.3, 0.4) is 0 Å². The maximum absolute atomic E-state index is 10.6. The molecule has 2 aromatic heterocycles. The van der Waals surface area contributed by atoms with Crippen LogP contribution in [0.25, 0.3) is 11.3 Å². The second kappa shape index (κ2) is 11.6. The third-order valence-corrected chi connectivity index (χ3v) is 8.04. The Bertz CT molecular complexity index is 1280. The van der Waals surface area contributed by atoms with Crippen LogP contribution in [0, 0.1) is 5.92 Å². The second-order valence-electron chi connectivity index (χ2n) is 10.6. The average molecular weight is 534 g/mol. The molecule has 2 saturated heterocycles. The number of hydrogen-bond donors (Lipinski definition) is 2. The number of nitrogens with one attached hydrogen (secondary N) is 1. The number of piperazine rings is 1. The summed E-state index contributed by atoms with van der Waals surface area (Å²) in [5, 5.41) is 26.4. The fourth-order valence-corrected chi connectivity index (χ4v) is 5.92. The van der Waals surface area contributed by atoms with Crippen LogP contribution in [0.15, 0.2) is 40.9 Å². The van der Waals surface area contributed by atoms with E-state index in [9.17, 15) is 9.90 Å². The lowest BCUT2D eigenvalue weighted by molar-refractivity contribution is -0.107. The molecule has 5 heterocycles. The lowest BCUT2D eigenvalue weighted by Gasteiger charge is -2.47. The van der Waals surface area contributed by atoms with E-state index in [1.807, 2.05) is 18.2 Å². The number of benzene rings is 1. The van der Waals surface area contributed by atoms with Gasteiger partial charge in [0, 0.05) is 50.9 Å². The van der Waals surface area contributed by atoms with Crippen molar-refractivity contribution in [2.75, 3.05) is 69.2 Å². The first-order valence-corrected chi connectivity index (χ1v) is 13.8. The Morgan fingerprint density at radius 1 is 1.10 bits per heavy atom. The van der Waals surface area contributed by atoms with E-state index >= 15 is 0 Å². The van der Waals surface area contributed by atoms with Gasteiger partial charge < -0.3 is 29.4 Å². The van der Waals surface area contributed by atoms with Gasteiger partial charge in [-0.1, -0.05) is 12.1 Å². The molecule has 0 amide bonds. The highest BCUT2D eigenvalue weighted by atomic mass is 16.5. The van der Waals surface area contributed by atoms with Crippen molar-refractivity contribution in [2.45, 2.75) is 25.3 Å². The standard InChI is InChI=1S/C28H35N7O4/c36-13-7-22-15-27(32-39-22)38-14-12-33-8-5-20(6-9-33)18-34-10-11-35-21(19-34)17-29-28-25(35)16-24(30-31-28)23-3-1-2-4-26(23)37/h1-4,13,15-16,20-21,37H,5-12,14,17-19H2,(H,29,31). The molecule has 206 valence electrons. The van der Waals surface area contributed by atoms with Crippen LogP contribution in [0.2, 0.25) is 0 Å². The van der Waals surface area contributed by atoms with E-state index in [0.717, 1.165) is 70.1 Å². The average Bonchev–Trinajstić information content (AvgIpc) is 3.41. The van der Waals surface area contributed by atoms with Crippen molar-refractivity contribution >= 4 is 17.8 Å². The molecule has 39 heavy (non-hydrogen) atoms. The first-order chi connectivity index (χ1) is 19.2.